The van der Waals surface area contributed by atoms with Crippen LogP contribution in [-0.2, 0) is 0 Å². The highest BCUT2D eigenvalue weighted by Crippen LogP contribution is 1.88. The molecule has 1 N–H and O–H groups in total. The van der Waals surface area contributed by atoms with E-state index in [2.05, 4.69) is 29.5 Å². The molecule has 4 nitrogen and oxygen atoms in total. The maximum Gasteiger partial charge on any atom is 0.138 e. The summed E-state index contributed by atoms with van der Waals surface area (Å²) in [5.74, 6) is 0.641. The summed E-state index contributed by atoms with van der Waals surface area (Å²) in [5, 5.41) is 7.30. The van der Waals surface area contributed by atoms with E-state index >= 15 is 0 Å². The Balaban J connectivity index is 2.28. The van der Waals surface area contributed by atoms with Crippen LogP contribution in [0.3, 0.4) is 0 Å². The third kappa shape index (κ3) is 2.05. The van der Waals surface area contributed by atoms with Gasteiger partial charge in [0.05, 0.1) is 0 Å². The van der Waals surface area contributed by atoms with Gasteiger partial charge >= 0.3 is 0 Å². The zero-order valence-electron chi connectivity index (χ0n) is 6.28. The highest BCUT2D eigenvalue weighted by Gasteiger charge is 1.91. The first-order chi connectivity index (χ1) is 4.79. The minimum atomic E-state index is 0.641. The van der Waals surface area contributed by atoms with Gasteiger partial charge in [-0.25, -0.2) is 4.68 Å². The summed E-state index contributed by atoms with van der Waals surface area (Å²) in [6.07, 6.45) is 3.28. The van der Waals surface area contributed by atoms with Crippen molar-refractivity contribution in [2.24, 2.45) is 5.92 Å². The quantitative estimate of drug-likeness (QED) is 0.664. The minimum Gasteiger partial charge on any atom is -0.323 e. The van der Waals surface area contributed by atoms with Gasteiger partial charge in [-0.05, 0) is 5.92 Å². The van der Waals surface area contributed by atoms with Gasteiger partial charge in [0.25, 0.3) is 0 Å². The lowest BCUT2D eigenvalue weighted by Gasteiger charge is -2.07. The van der Waals surface area contributed by atoms with Crippen LogP contribution in [-0.4, -0.2) is 21.4 Å². The predicted octanol–water partition coefficient (Wildman–Crippen LogP) is 0.478. The van der Waals surface area contributed by atoms with E-state index in [4.69, 9.17) is 0 Å². The van der Waals surface area contributed by atoms with Gasteiger partial charge in [-0.15, -0.1) is 10.2 Å². The molecule has 56 valence electrons. The van der Waals surface area contributed by atoms with E-state index in [9.17, 15) is 0 Å². The number of nitrogens with zero attached hydrogens (tertiary/aromatic N) is 3. The smallest absolute Gasteiger partial charge is 0.138 e. The van der Waals surface area contributed by atoms with Crippen molar-refractivity contribution in [2.45, 2.75) is 13.8 Å². The second kappa shape index (κ2) is 3.20. The maximum absolute atomic E-state index is 3.65. The molecule has 4 heteroatoms. The molecule has 0 bridgehead atoms. The summed E-state index contributed by atoms with van der Waals surface area (Å²) >= 11 is 0. The number of hydrogen-bond donors (Lipinski definition) is 1. The van der Waals surface area contributed by atoms with E-state index in [1.165, 1.54) is 0 Å². The monoisotopic (exact) mass is 140 g/mol. The van der Waals surface area contributed by atoms with Gasteiger partial charge in [-0.1, -0.05) is 13.8 Å². The van der Waals surface area contributed by atoms with Crippen molar-refractivity contribution in [3.8, 4) is 0 Å². The van der Waals surface area contributed by atoms with Crippen LogP contribution in [0.2, 0.25) is 0 Å². The highest BCUT2D eigenvalue weighted by atomic mass is 15.5. The zero-order chi connectivity index (χ0) is 7.40. The fourth-order valence-corrected chi connectivity index (χ4v) is 0.570. The first kappa shape index (κ1) is 7.05. The van der Waals surface area contributed by atoms with Gasteiger partial charge in [0.2, 0.25) is 0 Å². The molecule has 1 aromatic rings. The molecule has 0 atom stereocenters. The van der Waals surface area contributed by atoms with E-state index in [1.807, 2.05) is 0 Å². The molecule has 0 spiro atoms. The first-order valence-corrected chi connectivity index (χ1v) is 3.37. The molecule has 0 aromatic carbocycles. The second-order valence-corrected chi connectivity index (χ2v) is 2.63. The van der Waals surface area contributed by atoms with E-state index in [0.29, 0.717) is 5.92 Å². The third-order valence-corrected chi connectivity index (χ3v) is 1.10. The summed E-state index contributed by atoms with van der Waals surface area (Å²) in [6, 6.07) is 0. The van der Waals surface area contributed by atoms with Crippen LogP contribution < -0.4 is 5.43 Å². The van der Waals surface area contributed by atoms with Gasteiger partial charge in [-0.3, -0.25) is 0 Å². The van der Waals surface area contributed by atoms with E-state index in [0.717, 1.165) is 6.54 Å². The Bertz CT molecular complexity index is 168. The first-order valence-electron chi connectivity index (χ1n) is 3.37. The molecule has 1 aromatic heterocycles. The van der Waals surface area contributed by atoms with Crippen molar-refractivity contribution in [2.75, 3.05) is 12.0 Å². The largest absolute Gasteiger partial charge is 0.323 e. The average molecular weight is 140 g/mol. The molecule has 1 heterocycles. The van der Waals surface area contributed by atoms with Gasteiger partial charge in [0.15, 0.2) is 0 Å². The summed E-state index contributed by atoms with van der Waals surface area (Å²) in [6.45, 7) is 5.24. The molecule has 0 fully saturated rings. The number of rotatable bonds is 3. The number of aromatic nitrogens is 3. The molecule has 0 unspecified atom stereocenters. The summed E-state index contributed by atoms with van der Waals surface area (Å²) in [5.41, 5.74) is 3.12. The Morgan fingerprint density at radius 3 is 2.50 bits per heavy atom. The van der Waals surface area contributed by atoms with Crippen LogP contribution >= 0.6 is 0 Å². The topological polar surface area (TPSA) is 42.7 Å². The van der Waals surface area contributed by atoms with Crippen molar-refractivity contribution in [3.63, 3.8) is 0 Å². The lowest BCUT2D eigenvalue weighted by atomic mass is 10.2. The minimum absolute atomic E-state index is 0.641. The van der Waals surface area contributed by atoms with E-state index in [1.54, 1.807) is 17.3 Å². The van der Waals surface area contributed by atoms with Crippen LogP contribution in [0, 0.1) is 5.92 Å². The van der Waals surface area contributed by atoms with E-state index < -0.39 is 0 Å². The third-order valence-electron chi connectivity index (χ3n) is 1.10. The molecule has 1 rings (SSSR count). The van der Waals surface area contributed by atoms with Crippen molar-refractivity contribution in [1.82, 2.24) is 14.9 Å². The van der Waals surface area contributed by atoms with Gasteiger partial charge in [0, 0.05) is 6.54 Å². The van der Waals surface area contributed by atoms with Crippen molar-refractivity contribution in [1.29, 1.82) is 0 Å². The molecule has 10 heavy (non-hydrogen) atoms. The van der Waals surface area contributed by atoms with Gasteiger partial charge < -0.3 is 5.43 Å². The van der Waals surface area contributed by atoms with Crippen LogP contribution in [0.15, 0.2) is 12.7 Å². The molecule has 0 amide bonds. The summed E-state index contributed by atoms with van der Waals surface area (Å²) in [4.78, 5) is 0. The molecule has 0 radical (unpaired) electrons. The summed E-state index contributed by atoms with van der Waals surface area (Å²) in [7, 11) is 0. The van der Waals surface area contributed by atoms with Crippen LogP contribution in [0.4, 0.5) is 0 Å². The van der Waals surface area contributed by atoms with Crippen molar-refractivity contribution in [3.05, 3.63) is 12.7 Å². The lowest BCUT2D eigenvalue weighted by molar-refractivity contribution is 0.640. The molecule has 0 saturated heterocycles. The fraction of sp³-hybridized carbons (Fsp3) is 0.667. The Hall–Kier alpha value is -1.06. The van der Waals surface area contributed by atoms with Gasteiger partial charge in [-0.2, -0.15) is 0 Å². The lowest BCUT2D eigenvalue weighted by Crippen LogP contribution is -2.17. The second-order valence-electron chi connectivity index (χ2n) is 2.63. The number of hydrogen-bond acceptors (Lipinski definition) is 3. The van der Waals surface area contributed by atoms with Crippen molar-refractivity contribution >= 4 is 0 Å². The van der Waals surface area contributed by atoms with Gasteiger partial charge in [0.1, 0.15) is 12.7 Å². The van der Waals surface area contributed by atoms with E-state index in [-0.39, 0.29) is 0 Å². The van der Waals surface area contributed by atoms with Crippen LogP contribution in [0.1, 0.15) is 13.8 Å². The molecular formula is C6H12N4. The van der Waals surface area contributed by atoms with Crippen molar-refractivity contribution < 1.29 is 0 Å². The predicted molar refractivity (Wildman–Crippen MR) is 39.1 cm³/mol. The fourth-order valence-electron chi connectivity index (χ4n) is 0.570. The Kier molecular flexibility index (Phi) is 2.25. The standard InChI is InChI=1S/C6H12N4/c1-6(2)3-9-10-4-7-8-5-10/h4-6,9H,3H2,1-2H3. The zero-order valence-corrected chi connectivity index (χ0v) is 6.28. The molecule has 0 aliphatic rings. The molecule has 0 aliphatic carbocycles. The number of nitrogens with one attached hydrogen (secondary N) is 1. The van der Waals surface area contributed by atoms with Crippen LogP contribution in [0.25, 0.3) is 0 Å². The molecular weight excluding hydrogens is 128 g/mol. The Morgan fingerprint density at radius 1 is 1.40 bits per heavy atom. The average Bonchev–Trinajstić information content (AvgIpc) is 2.34. The normalized spacial score (nSPS) is 10.3. The summed E-state index contributed by atoms with van der Waals surface area (Å²) < 4.78 is 1.75. The Labute approximate surface area is 60.2 Å². The highest BCUT2D eigenvalue weighted by molar-refractivity contribution is 4.71. The SMILES string of the molecule is CC(C)CNn1cnnc1. The Morgan fingerprint density at radius 2 is 2.00 bits per heavy atom. The maximum atomic E-state index is 3.65. The van der Waals surface area contributed by atoms with Crippen LogP contribution in [0.5, 0.6) is 0 Å². The molecule has 0 saturated carbocycles. The molecule has 0 aliphatic heterocycles.